The molecule has 1 aromatic heterocycles. The van der Waals surface area contributed by atoms with E-state index < -0.39 is 0 Å². The van der Waals surface area contributed by atoms with Crippen LogP contribution in [0.4, 0.5) is 0 Å². The monoisotopic (exact) mass is 314 g/mol. The molecule has 0 bridgehead atoms. The average Bonchev–Trinajstić information content (AvgIpc) is 3.12. The molecule has 1 aliphatic rings. The Morgan fingerprint density at radius 3 is 2.42 bits per heavy atom. The first-order valence-electron chi connectivity index (χ1n) is 8.69. The van der Waals surface area contributed by atoms with E-state index in [-0.39, 0.29) is 0 Å². The third-order valence-electron chi connectivity index (χ3n) is 4.89. The van der Waals surface area contributed by atoms with Gasteiger partial charge in [0.05, 0.1) is 0 Å². The minimum Gasteiger partial charge on any atom is -0.276 e. The molecule has 4 aromatic rings. The molecule has 2 heteroatoms. The molecular formula is C22H22N2. The topological polar surface area (TPSA) is 17.8 Å². The molecule has 0 radical (unpaired) electrons. The molecule has 24 heavy (non-hydrogen) atoms. The molecule has 120 valence electrons. The maximum Gasteiger partial charge on any atom is 0.0489 e. The van der Waals surface area contributed by atoms with Gasteiger partial charge in [0.1, 0.15) is 0 Å². The Balaban J connectivity index is 0.000000207. The number of nitrogens with zero attached hydrogens (tertiary/aromatic N) is 2. The molecule has 2 nitrogen and oxygen atoms in total. The molecule has 0 saturated carbocycles. The zero-order valence-electron chi connectivity index (χ0n) is 14.1. The van der Waals surface area contributed by atoms with E-state index in [1.54, 1.807) is 22.0 Å². The van der Waals surface area contributed by atoms with Crippen LogP contribution in [0.15, 0.2) is 67.0 Å². The predicted molar refractivity (Wildman–Crippen MR) is 101 cm³/mol. The molecule has 0 N–H and O–H groups in total. The summed E-state index contributed by atoms with van der Waals surface area (Å²) in [7, 11) is 1.89. The van der Waals surface area contributed by atoms with E-state index in [0.717, 1.165) is 0 Å². The average molecular weight is 314 g/mol. The fourth-order valence-corrected chi connectivity index (χ4v) is 3.69. The highest BCUT2D eigenvalue weighted by Crippen LogP contribution is 2.33. The first kappa shape index (κ1) is 14.9. The van der Waals surface area contributed by atoms with Gasteiger partial charge >= 0.3 is 0 Å². The lowest BCUT2D eigenvalue weighted by molar-refractivity contribution is 0.690. The zero-order chi connectivity index (χ0) is 16.4. The van der Waals surface area contributed by atoms with Gasteiger partial charge in [-0.25, -0.2) is 0 Å². The van der Waals surface area contributed by atoms with Crippen LogP contribution in [-0.2, 0) is 19.9 Å². The first-order chi connectivity index (χ1) is 11.8. The molecular weight excluding hydrogens is 292 g/mol. The molecule has 1 heterocycles. The standard InChI is InChI=1S/C18H16.C4H6N2/c1-3-7-15-13(5-1)9-11-18-16-8-4-2-6-14(16)10-12-17(15)18;1-6-4-2-3-5-6/h1,3,5,7,9-12H,2,4,6,8H2;2-4H,1H3. The van der Waals surface area contributed by atoms with E-state index in [9.17, 15) is 0 Å². The van der Waals surface area contributed by atoms with Crippen LogP contribution in [0, 0.1) is 0 Å². The van der Waals surface area contributed by atoms with Gasteiger partial charge in [0.25, 0.3) is 0 Å². The van der Waals surface area contributed by atoms with E-state index in [0.29, 0.717) is 0 Å². The van der Waals surface area contributed by atoms with Crippen LogP contribution in [0.25, 0.3) is 21.5 Å². The van der Waals surface area contributed by atoms with Gasteiger partial charge in [-0.1, -0.05) is 48.5 Å². The molecule has 1 aliphatic carbocycles. The fraction of sp³-hybridized carbons (Fsp3) is 0.227. The van der Waals surface area contributed by atoms with E-state index in [1.807, 2.05) is 19.3 Å². The quantitative estimate of drug-likeness (QED) is 0.403. The van der Waals surface area contributed by atoms with Gasteiger partial charge in [-0.2, -0.15) is 5.10 Å². The van der Waals surface area contributed by atoms with Crippen molar-refractivity contribution < 1.29 is 0 Å². The third kappa shape index (κ3) is 2.80. The second-order valence-corrected chi connectivity index (χ2v) is 6.47. The van der Waals surface area contributed by atoms with Gasteiger partial charge in [0, 0.05) is 19.4 Å². The number of fused-ring (bicyclic) bond motifs is 5. The summed E-state index contributed by atoms with van der Waals surface area (Å²) >= 11 is 0. The molecule has 0 fully saturated rings. The lowest BCUT2D eigenvalue weighted by Gasteiger charge is -2.18. The van der Waals surface area contributed by atoms with E-state index in [2.05, 4.69) is 53.6 Å². The summed E-state index contributed by atoms with van der Waals surface area (Å²) < 4.78 is 1.75. The van der Waals surface area contributed by atoms with Crippen LogP contribution in [0.1, 0.15) is 24.0 Å². The number of aromatic nitrogens is 2. The van der Waals surface area contributed by atoms with E-state index >= 15 is 0 Å². The smallest absolute Gasteiger partial charge is 0.0489 e. The van der Waals surface area contributed by atoms with Gasteiger partial charge in [-0.3, -0.25) is 4.68 Å². The highest BCUT2D eigenvalue weighted by molar-refractivity contribution is 6.08. The number of rotatable bonds is 0. The van der Waals surface area contributed by atoms with Crippen molar-refractivity contribution in [3.8, 4) is 0 Å². The van der Waals surface area contributed by atoms with Gasteiger partial charge in [-0.05, 0) is 64.4 Å². The summed E-state index contributed by atoms with van der Waals surface area (Å²) in [4.78, 5) is 0. The van der Waals surface area contributed by atoms with Crippen LogP contribution in [0.3, 0.4) is 0 Å². The Morgan fingerprint density at radius 2 is 1.62 bits per heavy atom. The van der Waals surface area contributed by atoms with Crippen molar-refractivity contribution in [2.24, 2.45) is 7.05 Å². The van der Waals surface area contributed by atoms with Crippen LogP contribution >= 0.6 is 0 Å². The molecule has 0 amide bonds. The molecule has 0 saturated heterocycles. The van der Waals surface area contributed by atoms with Crippen molar-refractivity contribution >= 4 is 21.5 Å². The normalized spacial score (nSPS) is 13.4. The largest absolute Gasteiger partial charge is 0.276 e. The highest BCUT2D eigenvalue weighted by Gasteiger charge is 2.13. The molecule has 5 rings (SSSR count). The Labute approximate surface area is 142 Å². The van der Waals surface area contributed by atoms with Crippen LogP contribution in [0.2, 0.25) is 0 Å². The third-order valence-corrected chi connectivity index (χ3v) is 4.89. The van der Waals surface area contributed by atoms with Crippen LogP contribution in [0.5, 0.6) is 0 Å². The second-order valence-electron chi connectivity index (χ2n) is 6.47. The van der Waals surface area contributed by atoms with E-state index in [1.165, 1.54) is 47.2 Å². The molecule has 0 aliphatic heterocycles. The summed E-state index contributed by atoms with van der Waals surface area (Å²) in [6.07, 6.45) is 8.86. The lowest BCUT2D eigenvalue weighted by atomic mass is 9.86. The molecule has 3 aromatic carbocycles. The highest BCUT2D eigenvalue weighted by atomic mass is 15.2. The molecule has 0 unspecified atom stereocenters. The van der Waals surface area contributed by atoms with Crippen molar-refractivity contribution in [2.45, 2.75) is 25.7 Å². The minimum absolute atomic E-state index is 1.25. The van der Waals surface area contributed by atoms with Crippen molar-refractivity contribution in [3.63, 3.8) is 0 Å². The summed E-state index contributed by atoms with van der Waals surface area (Å²) in [5.74, 6) is 0. The summed E-state index contributed by atoms with van der Waals surface area (Å²) in [6.45, 7) is 0. The Bertz CT molecular complexity index is 968. The minimum atomic E-state index is 1.25. The zero-order valence-corrected chi connectivity index (χ0v) is 14.1. The number of hydrogen-bond donors (Lipinski definition) is 0. The SMILES string of the molecule is Cn1cccn1.c1ccc2c(c1)ccc1c3c(ccc12)CCCC3. The summed E-state index contributed by atoms with van der Waals surface area (Å²) in [5, 5.41) is 9.48. The van der Waals surface area contributed by atoms with E-state index in [4.69, 9.17) is 0 Å². The van der Waals surface area contributed by atoms with Gasteiger partial charge in [0.15, 0.2) is 0 Å². The first-order valence-corrected chi connectivity index (χ1v) is 8.69. The number of benzene rings is 3. The van der Waals surface area contributed by atoms with Gasteiger partial charge < -0.3 is 0 Å². The summed E-state index contributed by atoms with van der Waals surface area (Å²) in [5.41, 5.74) is 3.17. The number of aryl methyl sites for hydroxylation is 3. The van der Waals surface area contributed by atoms with Crippen molar-refractivity contribution in [3.05, 3.63) is 78.1 Å². The van der Waals surface area contributed by atoms with Crippen molar-refractivity contribution in [1.29, 1.82) is 0 Å². The fourth-order valence-electron chi connectivity index (χ4n) is 3.69. The van der Waals surface area contributed by atoms with Gasteiger partial charge in [0.2, 0.25) is 0 Å². The van der Waals surface area contributed by atoms with Gasteiger partial charge in [-0.15, -0.1) is 0 Å². The Hall–Kier alpha value is -2.61. The molecule has 0 atom stereocenters. The summed E-state index contributed by atoms with van der Waals surface area (Å²) in [6, 6.07) is 19.9. The maximum atomic E-state index is 3.83. The van der Waals surface area contributed by atoms with Crippen LogP contribution < -0.4 is 0 Å². The lowest BCUT2D eigenvalue weighted by Crippen LogP contribution is -2.02. The van der Waals surface area contributed by atoms with Crippen molar-refractivity contribution in [1.82, 2.24) is 9.78 Å². The van der Waals surface area contributed by atoms with Crippen LogP contribution in [-0.4, -0.2) is 9.78 Å². The Morgan fingerprint density at radius 1 is 0.792 bits per heavy atom. The van der Waals surface area contributed by atoms with Crippen molar-refractivity contribution in [2.75, 3.05) is 0 Å². The predicted octanol–water partition coefficient (Wildman–Crippen LogP) is 5.29. The Kier molecular flexibility index (Phi) is 4.04. The second kappa shape index (κ2) is 6.48. The maximum absolute atomic E-state index is 3.83. The molecule has 0 spiro atoms. The number of hydrogen-bond acceptors (Lipinski definition) is 1.